The number of oxime groups is 1. The molecule has 0 aromatic heterocycles. The second kappa shape index (κ2) is 8.34. The number of amides is 1. The van der Waals surface area contributed by atoms with E-state index in [4.69, 9.17) is 16.4 Å². The second-order valence-corrected chi connectivity index (χ2v) is 6.12. The summed E-state index contributed by atoms with van der Waals surface area (Å²) in [5.74, 6) is 5.60. The number of rotatable bonds is 3. The molecule has 0 unspecified atom stereocenters. The van der Waals surface area contributed by atoms with E-state index in [1.807, 2.05) is 0 Å². The van der Waals surface area contributed by atoms with Gasteiger partial charge < -0.3 is 5.11 Å². The average molecular weight is 357 g/mol. The maximum absolute atomic E-state index is 11.6. The zero-order valence-electron chi connectivity index (χ0n) is 13.8. The molecule has 2 N–H and O–H groups in total. The first-order valence-electron chi connectivity index (χ1n) is 7.44. The van der Waals surface area contributed by atoms with Gasteiger partial charge in [0.2, 0.25) is 0 Å². The van der Waals surface area contributed by atoms with Gasteiger partial charge in [0.25, 0.3) is 0 Å². The monoisotopic (exact) mass is 356 g/mol. The van der Waals surface area contributed by atoms with Crippen molar-refractivity contribution in [1.82, 2.24) is 0 Å². The van der Waals surface area contributed by atoms with E-state index in [1.54, 1.807) is 62.4 Å². The van der Waals surface area contributed by atoms with Crippen molar-refractivity contribution in [2.45, 2.75) is 19.4 Å². The summed E-state index contributed by atoms with van der Waals surface area (Å²) in [5, 5.41) is 16.2. The molecular formula is C19H17ClN2O3. The summed E-state index contributed by atoms with van der Waals surface area (Å²) in [5.41, 5.74) is 0.982. The summed E-state index contributed by atoms with van der Waals surface area (Å²) in [7, 11) is 0. The minimum absolute atomic E-state index is 0.508. The molecule has 0 spiro atoms. The van der Waals surface area contributed by atoms with Gasteiger partial charge in [0.1, 0.15) is 5.60 Å². The highest BCUT2D eigenvalue weighted by molar-refractivity contribution is 6.30. The van der Waals surface area contributed by atoms with E-state index >= 15 is 0 Å². The molecule has 0 radical (unpaired) electrons. The van der Waals surface area contributed by atoms with Gasteiger partial charge in [-0.25, -0.2) is 4.79 Å². The van der Waals surface area contributed by atoms with Crippen LogP contribution in [0.3, 0.4) is 0 Å². The lowest BCUT2D eigenvalue weighted by molar-refractivity contribution is 0.143. The number of carbonyl (C=O) groups excluding carboxylic acids is 1. The van der Waals surface area contributed by atoms with E-state index < -0.39 is 11.7 Å². The average Bonchev–Trinajstić information content (AvgIpc) is 2.53. The summed E-state index contributed by atoms with van der Waals surface area (Å²) < 4.78 is 0. The van der Waals surface area contributed by atoms with Gasteiger partial charge in [-0.3, -0.25) is 10.2 Å². The molecule has 1 amide bonds. The Morgan fingerprint density at radius 3 is 2.64 bits per heavy atom. The first-order chi connectivity index (χ1) is 11.8. The van der Waals surface area contributed by atoms with E-state index in [-0.39, 0.29) is 0 Å². The predicted molar refractivity (Wildman–Crippen MR) is 98.8 cm³/mol. The number of halogens is 1. The number of anilines is 1. The number of nitrogens with zero attached hydrogens (tertiary/aromatic N) is 1. The van der Waals surface area contributed by atoms with Gasteiger partial charge in [0, 0.05) is 16.3 Å². The molecule has 0 fully saturated rings. The Balaban J connectivity index is 1.89. The highest BCUT2D eigenvalue weighted by atomic mass is 35.5. The minimum atomic E-state index is -1.04. The predicted octanol–water partition coefficient (Wildman–Crippen LogP) is 4.05. The molecule has 5 nitrogen and oxygen atoms in total. The fourth-order valence-electron chi connectivity index (χ4n) is 1.72. The first kappa shape index (κ1) is 18.5. The highest BCUT2D eigenvalue weighted by Crippen LogP contribution is 2.15. The van der Waals surface area contributed by atoms with Gasteiger partial charge in [-0.1, -0.05) is 46.8 Å². The van der Waals surface area contributed by atoms with Gasteiger partial charge >= 0.3 is 6.09 Å². The molecule has 2 aromatic carbocycles. The Hall–Kier alpha value is -2.81. The fourth-order valence-corrected chi connectivity index (χ4v) is 1.91. The molecule has 0 saturated heterocycles. The van der Waals surface area contributed by atoms with E-state index in [0.717, 1.165) is 11.1 Å². The van der Waals surface area contributed by atoms with Crippen LogP contribution in [0.5, 0.6) is 0 Å². The van der Waals surface area contributed by atoms with Gasteiger partial charge in [-0.15, -0.1) is 0 Å². The Bertz CT molecular complexity index is 828. The van der Waals surface area contributed by atoms with Crippen LogP contribution in [0, 0.1) is 11.8 Å². The highest BCUT2D eigenvalue weighted by Gasteiger charge is 2.05. The van der Waals surface area contributed by atoms with E-state index in [9.17, 15) is 9.90 Å². The van der Waals surface area contributed by atoms with Crippen molar-refractivity contribution in [1.29, 1.82) is 0 Å². The Morgan fingerprint density at radius 1 is 1.28 bits per heavy atom. The summed E-state index contributed by atoms with van der Waals surface area (Å²) in [6, 6.07) is 13.8. The molecule has 0 heterocycles. The lowest BCUT2D eigenvalue weighted by Gasteiger charge is -2.05. The van der Waals surface area contributed by atoms with Crippen molar-refractivity contribution in [3.8, 4) is 11.8 Å². The summed E-state index contributed by atoms with van der Waals surface area (Å²) in [6.07, 6.45) is 0.691. The van der Waals surface area contributed by atoms with Crippen LogP contribution in [0.25, 0.3) is 0 Å². The topological polar surface area (TPSA) is 70.9 Å². The van der Waals surface area contributed by atoms with Gasteiger partial charge in [0.15, 0.2) is 0 Å². The molecule has 6 heteroatoms. The lowest BCUT2D eigenvalue weighted by Crippen LogP contribution is -2.14. The quantitative estimate of drug-likeness (QED) is 0.377. The SMILES string of the molecule is CC(C)(O)C#Cc1ccc(C=NOC(=O)Nc2cccc(Cl)c2)cc1. The maximum Gasteiger partial charge on any atom is 0.437 e. The molecule has 0 atom stereocenters. The van der Waals surface area contributed by atoms with Crippen LogP contribution < -0.4 is 5.32 Å². The molecule has 2 rings (SSSR count). The maximum atomic E-state index is 11.6. The molecule has 25 heavy (non-hydrogen) atoms. The van der Waals surface area contributed by atoms with Crippen molar-refractivity contribution in [2.24, 2.45) is 5.16 Å². The normalized spacial score (nSPS) is 10.9. The molecule has 2 aromatic rings. The number of hydrogen-bond donors (Lipinski definition) is 2. The number of carbonyl (C=O) groups is 1. The lowest BCUT2D eigenvalue weighted by atomic mass is 10.1. The molecule has 0 aliphatic carbocycles. The van der Waals surface area contributed by atoms with Crippen LogP contribution in [-0.4, -0.2) is 23.0 Å². The van der Waals surface area contributed by atoms with Crippen molar-refractivity contribution in [3.63, 3.8) is 0 Å². The number of nitrogens with one attached hydrogen (secondary N) is 1. The number of hydrogen-bond acceptors (Lipinski definition) is 4. The number of benzene rings is 2. The van der Waals surface area contributed by atoms with Gasteiger partial charge in [-0.2, -0.15) is 0 Å². The van der Waals surface area contributed by atoms with Gasteiger partial charge in [-0.05, 0) is 49.7 Å². The number of aliphatic hydroxyl groups is 1. The fraction of sp³-hybridized carbons (Fsp3) is 0.158. The third-order valence-corrected chi connectivity index (χ3v) is 3.07. The molecule has 0 aliphatic heterocycles. The first-order valence-corrected chi connectivity index (χ1v) is 7.82. The molecular weight excluding hydrogens is 340 g/mol. The molecule has 0 aliphatic rings. The van der Waals surface area contributed by atoms with Crippen LogP contribution in [-0.2, 0) is 4.84 Å². The zero-order chi connectivity index (χ0) is 18.3. The third kappa shape index (κ3) is 7.08. The smallest absolute Gasteiger partial charge is 0.378 e. The van der Waals surface area contributed by atoms with Crippen LogP contribution in [0.1, 0.15) is 25.0 Å². The standard InChI is InChI=1S/C19H17ClN2O3/c1-19(2,24)11-10-14-6-8-15(9-7-14)13-21-25-18(23)22-17-5-3-4-16(20)12-17/h3-9,12-13,24H,1-2H3,(H,22,23). The Kier molecular flexibility index (Phi) is 6.18. The van der Waals surface area contributed by atoms with Crippen molar-refractivity contribution >= 4 is 29.6 Å². The van der Waals surface area contributed by atoms with E-state index in [2.05, 4.69) is 22.3 Å². The minimum Gasteiger partial charge on any atom is -0.378 e. The zero-order valence-corrected chi connectivity index (χ0v) is 14.5. The van der Waals surface area contributed by atoms with Crippen molar-refractivity contribution < 1.29 is 14.7 Å². The van der Waals surface area contributed by atoms with E-state index in [1.165, 1.54) is 6.21 Å². The Labute approximate surface area is 151 Å². The van der Waals surface area contributed by atoms with Crippen LogP contribution in [0.4, 0.5) is 10.5 Å². The molecule has 0 bridgehead atoms. The molecule has 128 valence electrons. The third-order valence-electron chi connectivity index (χ3n) is 2.83. The van der Waals surface area contributed by atoms with Crippen molar-refractivity contribution in [3.05, 3.63) is 64.7 Å². The Morgan fingerprint density at radius 2 is 2.00 bits per heavy atom. The largest absolute Gasteiger partial charge is 0.437 e. The summed E-state index contributed by atoms with van der Waals surface area (Å²) in [4.78, 5) is 16.3. The second-order valence-electron chi connectivity index (χ2n) is 5.68. The van der Waals surface area contributed by atoms with Crippen molar-refractivity contribution in [2.75, 3.05) is 5.32 Å². The van der Waals surface area contributed by atoms with Crippen LogP contribution in [0.2, 0.25) is 5.02 Å². The van der Waals surface area contributed by atoms with E-state index in [0.29, 0.717) is 10.7 Å². The molecule has 0 saturated carbocycles. The summed E-state index contributed by atoms with van der Waals surface area (Å²) in [6.45, 7) is 3.24. The summed E-state index contributed by atoms with van der Waals surface area (Å²) >= 11 is 5.83. The van der Waals surface area contributed by atoms with Crippen LogP contribution in [0.15, 0.2) is 53.7 Å². The van der Waals surface area contributed by atoms with Crippen LogP contribution >= 0.6 is 11.6 Å². The van der Waals surface area contributed by atoms with Gasteiger partial charge in [0.05, 0.1) is 6.21 Å².